The molecule has 0 aliphatic heterocycles. The van der Waals surface area contributed by atoms with E-state index in [1.54, 1.807) is 31.2 Å². The molecule has 23 heavy (non-hydrogen) atoms. The molecule has 0 radical (unpaired) electrons. The van der Waals surface area contributed by atoms with Crippen LogP contribution in [0.3, 0.4) is 0 Å². The van der Waals surface area contributed by atoms with Gasteiger partial charge in [-0.1, -0.05) is 32.0 Å². The summed E-state index contributed by atoms with van der Waals surface area (Å²) in [5.41, 5.74) is 8.13. The highest BCUT2D eigenvalue weighted by molar-refractivity contribution is 5.94. The zero-order chi connectivity index (χ0) is 16.8. The predicted octanol–water partition coefficient (Wildman–Crippen LogP) is 4.19. The number of amides is 1. The summed E-state index contributed by atoms with van der Waals surface area (Å²) >= 11 is 0. The minimum absolute atomic E-state index is 0.186. The fourth-order valence-corrected chi connectivity index (χ4v) is 2.27. The van der Waals surface area contributed by atoms with Crippen LogP contribution in [0.4, 0.5) is 11.4 Å². The smallest absolute Gasteiger partial charge is 0.265 e. The third-order valence-electron chi connectivity index (χ3n) is 3.91. The van der Waals surface area contributed by atoms with Crippen LogP contribution in [-0.4, -0.2) is 12.0 Å². The number of hydrogen-bond acceptors (Lipinski definition) is 3. The summed E-state index contributed by atoms with van der Waals surface area (Å²) in [6.07, 6.45) is 0.435. The van der Waals surface area contributed by atoms with Crippen molar-refractivity contribution < 1.29 is 9.53 Å². The average molecular weight is 312 g/mol. The lowest BCUT2D eigenvalue weighted by atomic mass is 9.98. The minimum Gasteiger partial charge on any atom is -0.481 e. The molecule has 0 saturated carbocycles. The Morgan fingerprint density at radius 1 is 1.13 bits per heavy atom. The van der Waals surface area contributed by atoms with E-state index in [1.165, 1.54) is 0 Å². The van der Waals surface area contributed by atoms with Crippen molar-refractivity contribution in [2.45, 2.75) is 39.2 Å². The number of ether oxygens (including phenoxy) is 1. The van der Waals surface area contributed by atoms with Crippen molar-refractivity contribution in [1.82, 2.24) is 0 Å². The summed E-state index contributed by atoms with van der Waals surface area (Å²) in [7, 11) is 0. The highest BCUT2D eigenvalue weighted by Gasteiger charge is 2.18. The molecule has 122 valence electrons. The van der Waals surface area contributed by atoms with Gasteiger partial charge in [-0.15, -0.1) is 0 Å². The summed E-state index contributed by atoms with van der Waals surface area (Å²) < 4.78 is 5.89. The topological polar surface area (TPSA) is 64.3 Å². The Morgan fingerprint density at radius 2 is 1.78 bits per heavy atom. The molecule has 0 aliphatic carbocycles. The van der Waals surface area contributed by atoms with Gasteiger partial charge < -0.3 is 15.8 Å². The number of para-hydroxylation sites is 1. The number of rotatable bonds is 6. The first-order valence-corrected chi connectivity index (χ1v) is 7.93. The van der Waals surface area contributed by atoms with E-state index in [9.17, 15) is 4.79 Å². The quantitative estimate of drug-likeness (QED) is 0.786. The maximum absolute atomic E-state index is 12.3. The van der Waals surface area contributed by atoms with Gasteiger partial charge in [0.25, 0.3) is 5.91 Å². The molecule has 0 bridgehead atoms. The summed E-state index contributed by atoms with van der Waals surface area (Å²) in [6.45, 7) is 6.04. The number of nitrogens with two attached hydrogens (primary N) is 1. The summed E-state index contributed by atoms with van der Waals surface area (Å²) in [6, 6.07) is 14.9. The van der Waals surface area contributed by atoms with Crippen molar-refractivity contribution in [3.63, 3.8) is 0 Å². The van der Waals surface area contributed by atoms with Crippen LogP contribution in [0.5, 0.6) is 5.75 Å². The molecular weight excluding hydrogens is 288 g/mol. The van der Waals surface area contributed by atoms with Crippen LogP contribution in [0.25, 0.3) is 0 Å². The molecule has 4 heteroatoms. The maximum Gasteiger partial charge on any atom is 0.265 e. The van der Waals surface area contributed by atoms with Gasteiger partial charge in [0, 0.05) is 11.4 Å². The Balaban J connectivity index is 2.05. The van der Waals surface area contributed by atoms with Crippen molar-refractivity contribution in [3.8, 4) is 5.75 Å². The second-order valence-corrected chi connectivity index (χ2v) is 5.72. The van der Waals surface area contributed by atoms with Crippen LogP contribution < -0.4 is 15.8 Å². The van der Waals surface area contributed by atoms with Gasteiger partial charge in [-0.2, -0.15) is 0 Å². The van der Waals surface area contributed by atoms with E-state index in [4.69, 9.17) is 10.5 Å². The molecule has 2 aromatic rings. The number of anilines is 2. The van der Waals surface area contributed by atoms with Crippen LogP contribution in [0.1, 0.15) is 38.7 Å². The van der Waals surface area contributed by atoms with Crippen molar-refractivity contribution in [2.24, 2.45) is 0 Å². The maximum atomic E-state index is 12.3. The third-order valence-corrected chi connectivity index (χ3v) is 3.91. The van der Waals surface area contributed by atoms with E-state index in [-0.39, 0.29) is 5.91 Å². The highest BCUT2D eigenvalue weighted by Crippen LogP contribution is 2.29. The molecule has 0 spiro atoms. The molecule has 1 amide bonds. The summed E-state index contributed by atoms with van der Waals surface area (Å²) in [5.74, 6) is 0.967. The number of carbonyl (C=O) groups excluding carboxylic acids is 1. The van der Waals surface area contributed by atoms with Gasteiger partial charge in [-0.3, -0.25) is 4.79 Å². The van der Waals surface area contributed by atoms with Gasteiger partial charge in [0.2, 0.25) is 0 Å². The fourth-order valence-electron chi connectivity index (χ4n) is 2.27. The second kappa shape index (κ2) is 7.68. The van der Waals surface area contributed by atoms with Gasteiger partial charge in [0.1, 0.15) is 5.75 Å². The van der Waals surface area contributed by atoms with Gasteiger partial charge in [0.15, 0.2) is 6.10 Å². The van der Waals surface area contributed by atoms with Crippen LogP contribution in [0.15, 0.2) is 48.5 Å². The first-order chi connectivity index (χ1) is 11.0. The van der Waals surface area contributed by atoms with Crippen molar-refractivity contribution in [2.75, 3.05) is 11.1 Å². The zero-order valence-corrected chi connectivity index (χ0v) is 13.9. The molecule has 0 heterocycles. The van der Waals surface area contributed by atoms with E-state index in [2.05, 4.69) is 19.2 Å². The van der Waals surface area contributed by atoms with E-state index in [0.717, 1.165) is 17.7 Å². The third kappa shape index (κ3) is 4.49. The number of benzene rings is 2. The molecular formula is C19H24N2O2. The monoisotopic (exact) mass is 312 g/mol. The molecule has 2 atom stereocenters. The Labute approximate surface area is 137 Å². The lowest BCUT2D eigenvalue weighted by molar-refractivity contribution is -0.122. The lowest BCUT2D eigenvalue weighted by Crippen LogP contribution is -2.30. The SMILES string of the molecule is CC[C@@H](C)c1ccccc1O[C@@H](C)C(=O)Nc1ccc(N)cc1. The van der Waals surface area contributed by atoms with Crippen LogP contribution in [0, 0.1) is 0 Å². The lowest BCUT2D eigenvalue weighted by Gasteiger charge is -2.19. The molecule has 2 aromatic carbocycles. The minimum atomic E-state index is -0.585. The normalized spacial score (nSPS) is 13.2. The van der Waals surface area contributed by atoms with Gasteiger partial charge in [-0.25, -0.2) is 0 Å². The van der Waals surface area contributed by atoms with Gasteiger partial charge in [-0.05, 0) is 55.2 Å². The predicted molar refractivity (Wildman–Crippen MR) is 94.7 cm³/mol. The highest BCUT2D eigenvalue weighted by atomic mass is 16.5. The summed E-state index contributed by atoms with van der Waals surface area (Å²) in [5, 5.41) is 2.83. The molecule has 0 aliphatic rings. The fraction of sp³-hybridized carbons (Fsp3) is 0.316. The molecule has 3 N–H and O–H groups in total. The number of carbonyl (C=O) groups is 1. The van der Waals surface area contributed by atoms with E-state index < -0.39 is 6.10 Å². The standard InChI is InChI=1S/C19H24N2O2/c1-4-13(2)17-7-5-6-8-18(17)23-14(3)19(22)21-16-11-9-15(20)10-12-16/h5-14H,4,20H2,1-3H3,(H,21,22)/t13-,14+/m1/s1. The molecule has 0 unspecified atom stereocenters. The first kappa shape index (κ1) is 16.9. The van der Waals surface area contributed by atoms with Crippen LogP contribution in [-0.2, 0) is 4.79 Å². The van der Waals surface area contributed by atoms with Crippen molar-refractivity contribution in [3.05, 3.63) is 54.1 Å². The van der Waals surface area contributed by atoms with Crippen molar-refractivity contribution in [1.29, 1.82) is 0 Å². The number of hydrogen-bond donors (Lipinski definition) is 2. The number of nitrogen functional groups attached to an aromatic ring is 1. The molecule has 0 saturated heterocycles. The largest absolute Gasteiger partial charge is 0.481 e. The Kier molecular flexibility index (Phi) is 5.63. The van der Waals surface area contributed by atoms with Crippen molar-refractivity contribution >= 4 is 17.3 Å². The van der Waals surface area contributed by atoms with E-state index in [1.807, 2.05) is 24.3 Å². The molecule has 0 aromatic heterocycles. The Bertz CT molecular complexity index is 653. The van der Waals surface area contributed by atoms with Gasteiger partial charge >= 0.3 is 0 Å². The van der Waals surface area contributed by atoms with Gasteiger partial charge in [0.05, 0.1) is 0 Å². The number of nitrogens with one attached hydrogen (secondary N) is 1. The second-order valence-electron chi connectivity index (χ2n) is 5.72. The Hall–Kier alpha value is -2.49. The first-order valence-electron chi connectivity index (χ1n) is 7.93. The average Bonchev–Trinajstić information content (AvgIpc) is 2.56. The van der Waals surface area contributed by atoms with Crippen LogP contribution >= 0.6 is 0 Å². The van der Waals surface area contributed by atoms with E-state index in [0.29, 0.717) is 17.3 Å². The van der Waals surface area contributed by atoms with E-state index >= 15 is 0 Å². The zero-order valence-electron chi connectivity index (χ0n) is 13.9. The molecule has 4 nitrogen and oxygen atoms in total. The molecule has 2 rings (SSSR count). The molecule has 0 fully saturated rings. The summed E-state index contributed by atoms with van der Waals surface area (Å²) in [4.78, 5) is 12.3. The van der Waals surface area contributed by atoms with Crippen LogP contribution in [0.2, 0.25) is 0 Å². The Morgan fingerprint density at radius 3 is 2.43 bits per heavy atom.